The lowest BCUT2D eigenvalue weighted by Gasteiger charge is -2.41. The summed E-state index contributed by atoms with van der Waals surface area (Å²) in [5.41, 5.74) is -0.111. The fourth-order valence-corrected chi connectivity index (χ4v) is 4.87. The second-order valence-electron chi connectivity index (χ2n) is 7.89. The van der Waals surface area contributed by atoms with E-state index in [0.717, 1.165) is 25.5 Å². The topological polar surface area (TPSA) is 67.7 Å². The molecule has 1 saturated heterocycles. The number of rotatable bonds is 5. The molecule has 2 fully saturated rings. The predicted molar refractivity (Wildman–Crippen MR) is 101 cm³/mol. The van der Waals surface area contributed by atoms with Crippen LogP contribution >= 0.6 is 0 Å². The monoisotopic (exact) mass is 405 g/mol. The minimum Gasteiger partial charge on any atom is -0.481 e. The molecular formula is C21H25F2N3O3. The predicted octanol–water partition coefficient (Wildman–Crippen LogP) is 2.89. The summed E-state index contributed by atoms with van der Waals surface area (Å²) in [6.07, 6.45) is 4.02. The number of ether oxygens (including phenoxy) is 2. The first-order valence-corrected chi connectivity index (χ1v) is 9.78. The molecule has 0 spiro atoms. The maximum Gasteiger partial charge on any atom is 0.319 e. The molecule has 6 nitrogen and oxygen atoms in total. The highest BCUT2D eigenvalue weighted by Crippen LogP contribution is 2.50. The number of aliphatic hydroxyl groups is 1. The molecule has 8 heteroatoms. The molecule has 3 atom stereocenters. The van der Waals surface area contributed by atoms with E-state index >= 15 is 0 Å². The average molecular weight is 405 g/mol. The molecule has 0 amide bonds. The lowest BCUT2D eigenvalue weighted by Crippen LogP contribution is -2.43. The van der Waals surface area contributed by atoms with Gasteiger partial charge in [-0.1, -0.05) is 6.07 Å². The molecule has 1 saturated carbocycles. The molecule has 0 unspecified atom stereocenters. The van der Waals surface area contributed by atoms with Crippen molar-refractivity contribution in [2.45, 2.75) is 31.4 Å². The fourth-order valence-electron chi connectivity index (χ4n) is 4.87. The highest BCUT2D eigenvalue weighted by Gasteiger charge is 2.51. The Hall–Kier alpha value is -2.32. The summed E-state index contributed by atoms with van der Waals surface area (Å²) in [6, 6.07) is 3.85. The molecule has 2 heterocycles. The van der Waals surface area contributed by atoms with Crippen molar-refractivity contribution in [3.05, 3.63) is 47.2 Å². The number of fused-ring (bicyclic) bond motifs is 1. The van der Waals surface area contributed by atoms with E-state index in [9.17, 15) is 13.9 Å². The van der Waals surface area contributed by atoms with Crippen LogP contribution in [0.25, 0.3) is 0 Å². The second kappa shape index (κ2) is 7.84. The van der Waals surface area contributed by atoms with Crippen LogP contribution in [0.1, 0.15) is 30.4 Å². The van der Waals surface area contributed by atoms with Crippen LogP contribution in [-0.2, 0) is 12.1 Å². The molecule has 0 bridgehead atoms. The first kappa shape index (κ1) is 20.0. The van der Waals surface area contributed by atoms with E-state index in [0.29, 0.717) is 36.5 Å². The van der Waals surface area contributed by atoms with Crippen LogP contribution in [0.5, 0.6) is 11.9 Å². The highest BCUT2D eigenvalue weighted by molar-refractivity contribution is 5.33. The first-order valence-electron chi connectivity index (χ1n) is 9.78. The Kier molecular flexibility index (Phi) is 5.40. The molecule has 1 N–H and O–H groups in total. The van der Waals surface area contributed by atoms with Gasteiger partial charge in [-0.2, -0.15) is 4.98 Å². The normalized spacial score (nSPS) is 26.9. The number of aromatic nitrogens is 2. The van der Waals surface area contributed by atoms with Crippen molar-refractivity contribution >= 4 is 0 Å². The van der Waals surface area contributed by atoms with Crippen LogP contribution in [-0.4, -0.2) is 47.3 Å². The van der Waals surface area contributed by atoms with Crippen LogP contribution < -0.4 is 9.47 Å². The maximum atomic E-state index is 14.1. The van der Waals surface area contributed by atoms with Crippen molar-refractivity contribution < 1.29 is 23.4 Å². The van der Waals surface area contributed by atoms with Crippen LogP contribution in [0.2, 0.25) is 0 Å². The van der Waals surface area contributed by atoms with Gasteiger partial charge in [0.15, 0.2) is 0 Å². The summed E-state index contributed by atoms with van der Waals surface area (Å²) in [6.45, 7) is 1.74. The Morgan fingerprint density at radius 2 is 2.07 bits per heavy atom. The molecule has 4 rings (SSSR count). The Bertz CT molecular complexity index is 897. The van der Waals surface area contributed by atoms with Crippen LogP contribution in [0.4, 0.5) is 8.78 Å². The molecule has 1 aliphatic heterocycles. The average Bonchev–Trinajstić information content (AvgIpc) is 3.14. The lowest BCUT2D eigenvalue weighted by atomic mass is 9.68. The van der Waals surface area contributed by atoms with E-state index in [2.05, 4.69) is 14.9 Å². The van der Waals surface area contributed by atoms with Gasteiger partial charge in [-0.3, -0.25) is 4.90 Å². The third kappa shape index (κ3) is 3.67. The zero-order valence-corrected chi connectivity index (χ0v) is 16.6. The summed E-state index contributed by atoms with van der Waals surface area (Å²) < 4.78 is 37.8. The van der Waals surface area contributed by atoms with Gasteiger partial charge in [-0.05, 0) is 31.2 Å². The summed E-state index contributed by atoms with van der Waals surface area (Å²) >= 11 is 0. The number of nitrogens with zero attached hydrogens (tertiary/aromatic N) is 3. The number of halogens is 2. The third-order valence-corrected chi connectivity index (χ3v) is 6.25. The minimum atomic E-state index is -1.13. The van der Waals surface area contributed by atoms with Gasteiger partial charge in [0.25, 0.3) is 0 Å². The smallest absolute Gasteiger partial charge is 0.319 e. The van der Waals surface area contributed by atoms with Gasteiger partial charge in [0, 0.05) is 43.4 Å². The van der Waals surface area contributed by atoms with E-state index in [1.807, 2.05) is 0 Å². The van der Waals surface area contributed by atoms with E-state index in [1.165, 1.54) is 26.4 Å². The number of methoxy groups -OCH3 is 2. The molecule has 1 aromatic carbocycles. The fraction of sp³-hybridized carbons (Fsp3) is 0.524. The minimum absolute atomic E-state index is 0.0503. The van der Waals surface area contributed by atoms with Crippen molar-refractivity contribution in [1.29, 1.82) is 0 Å². The Morgan fingerprint density at radius 3 is 2.79 bits per heavy atom. The summed E-state index contributed by atoms with van der Waals surface area (Å²) in [7, 11) is 2.98. The summed E-state index contributed by atoms with van der Waals surface area (Å²) in [5, 5.41) is 11.7. The molecule has 156 valence electrons. The lowest BCUT2D eigenvalue weighted by molar-refractivity contribution is -0.0669. The number of hydrogen-bond acceptors (Lipinski definition) is 6. The number of hydrogen-bond donors (Lipinski definition) is 1. The van der Waals surface area contributed by atoms with Crippen molar-refractivity contribution in [2.24, 2.45) is 11.8 Å². The standard InChI is InChI=1S/C21H25F2N3O3/c1-28-19-16(9-24-20(25-19)29-2)21(27)7-3-4-13-10-26(12-17(13)21)11-14-5-6-15(22)8-18(14)23/h5-6,8-9,13,17,27H,3-4,7,10-12H2,1-2H3/t13-,17-,21-/m0/s1. The zero-order chi connectivity index (χ0) is 20.6. The summed E-state index contributed by atoms with van der Waals surface area (Å²) in [5.74, 6) is -0.597. The quantitative estimate of drug-likeness (QED) is 0.825. The molecule has 1 aromatic heterocycles. The molecule has 0 radical (unpaired) electrons. The van der Waals surface area contributed by atoms with Crippen LogP contribution in [0, 0.1) is 23.5 Å². The molecular weight excluding hydrogens is 380 g/mol. The van der Waals surface area contributed by atoms with Crippen LogP contribution in [0.3, 0.4) is 0 Å². The van der Waals surface area contributed by atoms with Gasteiger partial charge in [0.05, 0.1) is 19.8 Å². The third-order valence-electron chi connectivity index (χ3n) is 6.25. The second-order valence-corrected chi connectivity index (χ2v) is 7.89. The number of benzene rings is 1. The van der Waals surface area contributed by atoms with E-state index in [1.54, 1.807) is 6.20 Å². The van der Waals surface area contributed by atoms with Gasteiger partial charge in [-0.25, -0.2) is 13.8 Å². The van der Waals surface area contributed by atoms with E-state index < -0.39 is 17.2 Å². The van der Waals surface area contributed by atoms with Gasteiger partial charge < -0.3 is 14.6 Å². The SMILES string of the molecule is COc1ncc([C@@]2(O)CCC[C@H]3CN(Cc4ccc(F)cc4F)C[C@@H]32)c(OC)n1. The molecule has 2 aliphatic rings. The van der Waals surface area contributed by atoms with Crippen molar-refractivity contribution in [2.75, 3.05) is 27.3 Å². The largest absolute Gasteiger partial charge is 0.481 e. The van der Waals surface area contributed by atoms with Gasteiger partial charge in [0.1, 0.15) is 17.2 Å². The van der Waals surface area contributed by atoms with Crippen molar-refractivity contribution in [3.8, 4) is 11.9 Å². The van der Waals surface area contributed by atoms with Crippen LogP contribution in [0.15, 0.2) is 24.4 Å². The highest BCUT2D eigenvalue weighted by atomic mass is 19.1. The summed E-state index contributed by atoms with van der Waals surface area (Å²) in [4.78, 5) is 10.5. The Balaban J connectivity index is 1.59. The van der Waals surface area contributed by atoms with Crippen molar-refractivity contribution in [1.82, 2.24) is 14.9 Å². The van der Waals surface area contributed by atoms with Gasteiger partial charge in [-0.15, -0.1) is 0 Å². The maximum absolute atomic E-state index is 14.1. The molecule has 29 heavy (non-hydrogen) atoms. The first-order chi connectivity index (χ1) is 13.9. The van der Waals surface area contributed by atoms with Gasteiger partial charge >= 0.3 is 6.01 Å². The molecule has 1 aliphatic carbocycles. The van der Waals surface area contributed by atoms with Gasteiger partial charge in [0.2, 0.25) is 5.88 Å². The zero-order valence-electron chi connectivity index (χ0n) is 16.6. The Morgan fingerprint density at radius 1 is 1.24 bits per heavy atom. The van der Waals surface area contributed by atoms with E-state index in [4.69, 9.17) is 9.47 Å². The van der Waals surface area contributed by atoms with E-state index in [-0.39, 0.29) is 17.8 Å². The number of likely N-dealkylation sites (tertiary alicyclic amines) is 1. The Labute approximate surface area is 168 Å². The molecule has 2 aromatic rings. The van der Waals surface area contributed by atoms with Crippen molar-refractivity contribution in [3.63, 3.8) is 0 Å².